The molecular weight excluding hydrogens is 246 g/mol. The van der Waals surface area contributed by atoms with E-state index in [9.17, 15) is 0 Å². The van der Waals surface area contributed by atoms with Crippen molar-refractivity contribution >= 4 is 0 Å². The Bertz CT molecular complexity index is 475. The molecule has 1 aromatic carbocycles. The third-order valence-corrected chi connectivity index (χ3v) is 4.00. The Hall–Kier alpha value is -1.02. The van der Waals surface area contributed by atoms with Crippen LogP contribution >= 0.6 is 0 Å². The van der Waals surface area contributed by atoms with Gasteiger partial charge in [0.15, 0.2) is 0 Å². The number of hydrogen-bond acceptors (Lipinski definition) is 2. The third kappa shape index (κ3) is 3.54. The van der Waals surface area contributed by atoms with E-state index in [-0.39, 0.29) is 11.6 Å². The highest BCUT2D eigenvalue weighted by atomic mass is 16.5. The Morgan fingerprint density at radius 2 is 2.05 bits per heavy atom. The molecule has 2 rings (SSSR count). The second-order valence-electron chi connectivity index (χ2n) is 7.72. The highest BCUT2D eigenvalue weighted by Crippen LogP contribution is 2.41. The quantitative estimate of drug-likeness (QED) is 0.873. The topological polar surface area (TPSA) is 35.2 Å². The van der Waals surface area contributed by atoms with Crippen molar-refractivity contribution in [3.8, 4) is 5.75 Å². The lowest BCUT2D eigenvalue weighted by Gasteiger charge is -2.39. The molecule has 2 nitrogen and oxygen atoms in total. The second-order valence-corrected chi connectivity index (χ2v) is 7.72. The van der Waals surface area contributed by atoms with Gasteiger partial charge in [0.2, 0.25) is 0 Å². The molecular formula is C18H29NO. The van der Waals surface area contributed by atoms with Gasteiger partial charge in [0.25, 0.3) is 0 Å². The lowest BCUT2D eigenvalue weighted by Crippen LogP contribution is -2.40. The van der Waals surface area contributed by atoms with Gasteiger partial charge in [-0.3, -0.25) is 0 Å². The van der Waals surface area contributed by atoms with Crippen LogP contribution in [-0.2, 0) is 6.42 Å². The summed E-state index contributed by atoms with van der Waals surface area (Å²) >= 11 is 0. The zero-order valence-corrected chi connectivity index (χ0v) is 13.6. The molecule has 2 heteroatoms. The molecule has 0 fully saturated rings. The first-order valence-corrected chi connectivity index (χ1v) is 7.80. The van der Waals surface area contributed by atoms with Crippen LogP contribution in [0.4, 0.5) is 0 Å². The summed E-state index contributed by atoms with van der Waals surface area (Å²) < 4.78 is 6.24. The molecule has 0 radical (unpaired) electrons. The van der Waals surface area contributed by atoms with Crippen molar-refractivity contribution in [3.63, 3.8) is 0 Å². The van der Waals surface area contributed by atoms with E-state index in [0.717, 1.165) is 31.4 Å². The molecule has 2 atom stereocenters. The van der Waals surface area contributed by atoms with Gasteiger partial charge < -0.3 is 10.5 Å². The first kappa shape index (κ1) is 15.4. The Balaban J connectivity index is 2.26. The molecule has 112 valence electrons. The van der Waals surface area contributed by atoms with E-state index in [4.69, 9.17) is 10.5 Å². The van der Waals surface area contributed by atoms with E-state index in [1.165, 1.54) is 11.1 Å². The molecule has 0 saturated carbocycles. The van der Waals surface area contributed by atoms with Gasteiger partial charge in [0.05, 0.1) is 0 Å². The molecule has 1 heterocycles. The van der Waals surface area contributed by atoms with Crippen LogP contribution in [0.3, 0.4) is 0 Å². The number of hydrogen-bond donors (Lipinski definition) is 1. The molecule has 1 aliphatic rings. The van der Waals surface area contributed by atoms with Gasteiger partial charge in [-0.2, -0.15) is 0 Å². The zero-order valence-electron chi connectivity index (χ0n) is 13.6. The fourth-order valence-electron chi connectivity index (χ4n) is 3.27. The number of nitrogens with two attached hydrogens (primary N) is 1. The molecule has 0 saturated heterocycles. The SMILES string of the molecule is CCC[C@@]1(C)C[C@H](N)c2cc(CC(C)(C)C)ccc2O1. The van der Waals surface area contributed by atoms with Crippen molar-refractivity contribution in [1.29, 1.82) is 0 Å². The summed E-state index contributed by atoms with van der Waals surface area (Å²) in [6, 6.07) is 6.64. The summed E-state index contributed by atoms with van der Waals surface area (Å²) in [5.41, 5.74) is 9.13. The maximum Gasteiger partial charge on any atom is 0.124 e. The molecule has 2 N–H and O–H groups in total. The summed E-state index contributed by atoms with van der Waals surface area (Å²) in [5.74, 6) is 0.984. The highest BCUT2D eigenvalue weighted by molar-refractivity contribution is 5.42. The normalized spacial score (nSPS) is 26.0. The van der Waals surface area contributed by atoms with Gasteiger partial charge in [-0.25, -0.2) is 0 Å². The van der Waals surface area contributed by atoms with Crippen molar-refractivity contribution in [2.24, 2.45) is 11.1 Å². The minimum absolute atomic E-state index is 0.0928. The van der Waals surface area contributed by atoms with Crippen molar-refractivity contribution in [1.82, 2.24) is 0 Å². The Morgan fingerprint density at radius 3 is 2.65 bits per heavy atom. The number of benzene rings is 1. The van der Waals surface area contributed by atoms with E-state index < -0.39 is 0 Å². The minimum Gasteiger partial charge on any atom is -0.487 e. The van der Waals surface area contributed by atoms with E-state index in [1.54, 1.807) is 0 Å². The summed E-state index contributed by atoms with van der Waals surface area (Å²) in [4.78, 5) is 0. The molecule has 1 aromatic rings. The second kappa shape index (κ2) is 5.40. The van der Waals surface area contributed by atoms with Crippen LogP contribution in [0.2, 0.25) is 0 Å². The lowest BCUT2D eigenvalue weighted by atomic mass is 9.83. The van der Waals surface area contributed by atoms with Crippen molar-refractivity contribution in [3.05, 3.63) is 29.3 Å². The van der Waals surface area contributed by atoms with Gasteiger partial charge in [-0.05, 0) is 36.8 Å². The van der Waals surface area contributed by atoms with Crippen molar-refractivity contribution in [2.75, 3.05) is 0 Å². The average molecular weight is 275 g/mol. The molecule has 20 heavy (non-hydrogen) atoms. The van der Waals surface area contributed by atoms with Crippen LogP contribution in [0, 0.1) is 5.41 Å². The number of rotatable bonds is 3. The monoisotopic (exact) mass is 275 g/mol. The van der Waals surface area contributed by atoms with Crippen molar-refractivity contribution < 1.29 is 4.74 Å². The van der Waals surface area contributed by atoms with Crippen LogP contribution in [0.25, 0.3) is 0 Å². The molecule has 0 aliphatic carbocycles. The van der Waals surface area contributed by atoms with Crippen LogP contribution in [0.15, 0.2) is 18.2 Å². The maximum atomic E-state index is 6.40. The average Bonchev–Trinajstić information content (AvgIpc) is 2.28. The molecule has 1 aliphatic heterocycles. The van der Waals surface area contributed by atoms with Crippen LogP contribution in [0.5, 0.6) is 5.75 Å². The van der Waals surface area contributed by atoms with E-state index in [0.29, 0.717) is 5.41 Å². The molecule has 0 aromatic heterocycles. The maximum absolute atomic E-state index is 6.40. The highest BCUT2D eigenvalue weighted by Gasteiger charge is 2.35. The van der Waals surface area contributed by atoms with Gasteiger partial charge in [0.1, 0.15) is 11.4 Å². The Kier molecular flexibility index (Phi) is 4.15. The van der Waals surface area contributed by atoms with Gasteiger partial charge in [-0.1, -0.05) is 46.2 Å². The van der Waals surface area contributed by atoms with Gasteiger partial charge in [0, 0.05) is 18.0 Å². The summed E-state index contributed by atoms with van der Waals surface area (Å²) in [5, 5.41) is 0. The fourth-order valence-corrected chi connectivity index (χ4v) is 3.27. The molecule has 0 unspecified atom stereocenters. The van der Waals surface area contributed by atoms with E-state index in [1.807, 2.05) is 0 Å². The molecule has 0 spiro atoms. The number of ether oxygens (including phenoxy) is 1. The van der Waals surface area contributed by atoms with Gasteiger partial charge in [-0.15, -0.1) is 0 Å². The predicted molar refractivity (Wildman–Crippen MR) is 85.1 cm³/mol. The Labute approximate surface area is 123 Å². The fraction of sp³-hybridized carbons (Fsp3) is 0.667. The first-order chi connectivity index (χ1) is 9.22. The summed E-state index contributed by atoms with van der Waals surface area (Å²) in [7, 11) is 0. The van der Waals surface area contributed by atoms with Crippen LogP contribution in [0.1, 0.15) is 71.0 Å². The van der Waals surface area contributed by atoms with Crippen LogP contribution < -0.4 is 10.5 Å². The number of fused-ring (bicyclic) bond motifs is 1. The predicted octanol–water partition coefficient (Wildman–Crippen LogP) is 4.62. The minimum atomic E-state index is -0.104. The Morgan fingerprint density at radius 1 is 1.35 bits per heavy atom. The van der Waals surface area contributed by atoms with Crippen molar-refractivity contribution in [2.45, 2.75) is 71.9 Å². The first-order valence-electron chi connectivity index (χ1n) is 7.80. The summed E-state index contributed by atoms with van der Waals surface area (Å²) in [6.45, 7) is 11.2. The molecule has 0 bridgehead atoms. The standard InChI is InChI=1S/C18H29NO/c1-6-9-18(5)12-15(19)14-10-13(11-17(2,3)4)7-8-16(14)20-18/h7-8,10,15H,6,9,11-12,19H2,1-5H3/t15-,18-/m0/s1. The van der Waals surface area contributed by atoms with Crippen LogP contribution in [-0.4, -0.2) is 5.60 Å². The van der Waals surface area contributed by atoms with E-state index >= 15 is 0 Å². The lowest BCUT2D eigenvalue weighted by molar-refractivity contribution is 0.0448. The van der Waals surface area contributed by atoms with Gasteiger partial charge >= 0.3 is 0 Å². The molecule has 0 amide bonds. The van der Waals surface area contributed by atoms with E-state index in [2.05, 4.69) is 52.8 Å². The zero-order chi connectivity index (χ0) is 15.0. The third-order valence-electron chi connectivity index (χ3n) is 4.00. The largest absolute Gasteiger partial charge is 0.487 e. The smallest absolute Gasteiger partial charge is 0.124 e. The summed E-state index contributed by atoms with van der Waals surface area (Å²) in [6.07, 6.45) is 4.16.